The third kappa shape index (κ3) is 3.99. The summed E-state index contributed by atoms with van der Waals surface area (Å²) < 4.78 is 26.0. The third-order valence-electron chi connectivity index (χ3n) is 3.43. The van der Waals surface area contributed by atoms with Gasteiger partial charge in [0.1, 0.15) is 11.6 Å². The highest BCUT2D eigenvalue weighted by molar-refractivity contribution is 5.43. The lowest BCUT2D eigenvalue weighted by molar-refractivity contribution is 0.483. The van der Waals surface area contributed by atoms with Crippen LogP contribution in [0.3, 0.4) is 0 Å². The second-order valence-corrected chi connectivity index (χ2v) is 4.90. The first kappa shape index (κ1) is 12.3. The number of halogens is 2. The van der Waals surface area contributed by atoms with E-state index in [1.54, 1.807) is 0 Å². The van der Waals surface area contributed by atoms with Crippen molar-refractivity contribution < 1.29 is 8.78 Å². The van der Waals surface area contributed by atoms with Gasteiger partial charge in [0.15, 0.2) is 0 Å². The standard InChI is InChI=1S/C14H19F2N/c15-12-7-13(16)9-14(8-12)17-10-11-5-3-1-2-4-6-11/h7-9,11,17H,1-6,10H2. The van der Waals surface area contributed by atoms with Crippen molar-refractivity contribution in [2.45, 2.75) is 38.5 Å². The Labute approximate surface area is 101 Å². The Morgan fingerprint density at radius 1 is 0.941 bits per heavy atom. The van der Waals surface area contributed by atoms with Crippen LogP contribution < -0.4 is 5.32 Å². The maximum absolute atomic E-state index is 13.0. The van der Waals surface area contributed by atoms with Crippen LogP contribution in [-0.2, 0) is 0 Å². The number of nitrogens with one attached hydrogen (secondary N) is 1. The van der Waals surface area contributed by atoms with Gasteiger partial charge in [-0.1, -0.05) is 25.7 Å². The Morgan fingerprint density at radius 3 is 2.12 bits per heavy atom. The minimum Gasteiger partial charge on any atom is -0.385 e. The maximum atomic E-state index is 13.0. The molecule has 0 atom stereocenters. The first-order valence-corrected chi connectivity index (χ1v) is 6.44. The summed E-state index contributed by atoms with van der Waals surface area (Å²) in [5.74, 6) is -0.398. The Kier molecular flexibility index (Phi) is 4.35. The smallest absolute Gasteiger partial charge is 0.128 e. The van der Waals surface area contributed by atoms with Crippen molar-refractivity contribution in [2.24, 2.45) is 5.92 Å². The van der Waals surface area contributed by atoms with E-state index in [0.29, 0.717) is 11.6 Å². The molecule has 0 amide bonds. The van der Waals surface area contributed by atoms with E-state index < -0.39 is 11.6 Å². The fourth-order valence-electron chi connectivity index (χ4n) is 2.49. The summed E-state index contributed by atoms with van der Waals surface area (Å²) in [5, 5.41) is 3.14. The van der Waals surface area contributed by atoms with E-state index in [2.05, 4.69) is 5.32 Å². The SMILES string of the molecule is Fc1cc(F)cc(NCC2CCCCCC2)c1. The van der Waals surface area contributed by atoms with Crippen LogP contribution in [0.2, 0.25) is 0 Å². The topological polar surface area (TPSA) is 12.0 Å². The quantitative estimate of drug-likeness (QED) is 0.773. The Hall–Kier alpha value is -1.12. The van der Waals surface area contributed by atoms with Crippen LogP contribution in [-0.4, -0.2) is 6.54 Å². The predicted octanol–water partition coefficient (Wildman–Crippen LogP) is 4.35. The van der Waals surface area contributed by atoms with E-state index in [1.165, 1.54) is 50.7 Å². The van der Waals surface area contributed by atoms with Gasteiger partial charge in [0.2, 0.25) is 0 Å². The van der Waals surface area contributed by atoms with E-state index in [0.717, 1.165) is 12.6 Å². The molecule has 1 aliphatic carbocycles. The number of hydrogen-bond donors (Lipinski definition) is 1. The summed E-state index contributed by atoms with van der Waals surface area (Å²) in [6.45, 7) is 0.822. The Balaban J connectivity index is 1.87. The summed E-state index contributed by atoms with van der Waals surface area (Å²) in [7, 11) is 0. The maximum Gasteiger partial charge on any atom is 0.128 e. The number of benzene rings is 1. The van der Waals surface area contributed by atoms with Crippen molar-refractivity contribution in [3.05, 3.63) is 29.8 Å². The van der Waals surface area contributed by atoms with Gasteiger partial charge in [-0.2, -0.15) is 0 Å². The predicted molar refractivity (Wildman–Crippen MR) is 66.0 cm³/mol. The van der Waals surface area contributed by atoms with Crippen molar-refractivity contribution in [1.29, 1.82) is 0 Å². The summed E-state index contributed by atoms with van der Waals surface area (Å²) in [4.78, 5) is 0. The monoisotopic (exact) mass is 239 g/mol. The first-order chi connectivity index (χ1) is 8.24. The van der Waals surface area contributed by atoms with Crippen LogP contribution in [0.1, 0.15) is 38.5 Å². The second-order valence-electron chi connectivity index (χ2n) is 4.90. The molecule has 0 unspecified atom stereocenters. The molecular weight excluding hydrogens is 220 g/mol. The number of hydrogen-bond acceptors (Lipinski definition) is 1. The van der Waals surface area contributed by atoms with E-state index in [4.69, 9.17) is 0 Å². The Morgan fingerprint density at radius 2 is 1.53 bits per heavy atom. The van der Waals surface area contributed by atoms with Crippen LogP contribution in [0, 0.1) is 17.6 Å². The van der Waals surface area contributed by atoms with Gasteiger partial charge >= 0.3 is 0 Å². The van der Waals surface area contributed by atoms with E-state index >= 15 is 0 Å². The van der Waals surface area contributed by atoms with Crippen LogP contribution in [0.25, 0.3) is 0 Å². The molecule has 17 heavy (non-hydrogen) atoms. The largest absolute Gasteiger partial charge is 0.385 e. The normalized spacial score (nSPS) is 17.8. The molecule has 0 bridgehead atoms. The number of rotatable bonds is 3. The minimum absolute atomic E-state index is 0.520. The highest BCUT2D eigenvalue weighted by Crippen LogP contribution is 2.23. The lowest BCUT2D eigenvalue weighted by atomic mass is 10.0. The van der Waals surface area contributed by atoms with Crippen molar-refractivity contribution in [3.63, 3.8) is 0 Å². The summed E-state index contributed by atoms with van der Waals surface area (Å²) >= 11 is 0. The molecule has 0 spiro atoms. The number of anilines is 1. The summed E-state index contributed by atoms with van der Waals surface area (Å²) in [6, 6.07) is 3.59. The van der Waals surface area contributed by atoms with E-state index in [-0.39, 0.29) is 0 Å². The van der Waals surface area contributed by atoms with Crippen molar-refractivity contribution in [1.82, 2.24) is 0 Å². The van der Waals surface area contributed by atoms with Gasteiger partial charge < -0.3 is 5.32 Å². The first-order valence-electron chi connectivity index (χ1n) is 6.44. The van der Waals surface area contributed by atoms with Gasteiger partial charge in [-0.25, -0.2) is 8.78 Å². The fraction of sp³-hybridized carbons (Fsp3) is 0.571. The highest BCUT2D eigenvalue weighted by Gasteiger charge is 2.12. The zero-order valence-corrected chi connectivity index (χ0v) is 10.0. The van der Waals surface area contributed by atoms with Gasteiger partial charge in [-0.15, -0.1) is 0 Å². The summed E-state index contributed by atoms with van der Waals surface area (Å²) in [6.07, 6.45) is 7.67. The molecule has 0 radical (unpaired) electrons. The van der Waals surface area contributed by atoms with Gasteiger partial charge in [0.25, 0.3) is 0 Å². The molecule has 1 aliphatic rings. The average molecular weight is 239 g/mol. The zero-order valence-electron chi connectivity index (χ0n) is 10.0. The third-order valence-corrected chi connectivity index (χ3v) is 3.43. The van der Waals surface area contributed by atoms with Gasteiger partial charge in [0, 0.05) is 18.3 Å². The summed E-state index contributed by atoms with van der Waals surface area (Å²) in [5.41, 5.74) is 0.548. The molecule has 0 aromatic heterocycles. The molecule has 0 saturated heterocycles. The minimum atomic E-state index is -0.520. The second kappa shape index (κ2) is 5.99. The highest BCUT2D eigenvalue weighted by atomic mass is 19.1. The lowest BCUT2D eigenvalue weighted by Gasteiger charge is -2.15. The van der Waals surface area contributed by atoms with Crippen LogP contribution in [0.4, 0.5) is 14.5 Å². The van der Waals surface area contributed by atoms with Crippen molar-refractivity contribution >= 4 is 5.69 Å². The molecule has 0 aliphatic heterocycles. The van der Waals surface area contributed by atoms with Gasteiger partial charge in [0.05, 0.1) is 0 Å². The molecule has 2 rings (SSSR count). The zero-order chi connectivity index (χ0) is 12.1. The lowest BCUT2D eigenvalue weighted by Crippen LogP contribution is -2.13. The molecule has 1 nitrogen and oxygen atoms in total. The van der Waals surface area contributed by atoms with Crippen molar-refractivity contribution in [2.75, 3.05) is 11.9 Å². The molecule has 0 heterocycles. The molecule has 3 heteroatoms. The van der Waals surface area contributed by atoms with Crippen molar-refractivity contribution in [3.8, 4) is 0 Å². The Bertz CT molecular complexity index is 337. The van der Waals surface area contributed by atoms with Crippen LogP contribution in [0.5, 0.6) is 0 Å². The van der Waals surface area contributed by atoms with E-state index in [1.807, 2.05) is 0 Å². The van der Waals surface area contributed by atoms with Crippen LogP contribution in [0.15, 0.2) is 18.2 Å². The molecular formula is C14H19F2N. The fourth-order valence-corrected chi connectivity index (χ4v) is 2.49. The average Bonchev–Trinajstić information content (AvgIpc) is 2.53. The molecule has 94 valence electrons. The molecule has 1 aromatic rings. The molecule has 1 saturated carbocycles. The van der Waals surface area contributed by atoms with Crippen LogP contribution >= 0.6 is 0 Å². The molecule has 1 aromatic carbocycles. The van der Waals surface area contributed by atoms with Gasteiger partial charge in [-0.3, -0.25) is 0 Å². The van der Waals surface area contributed by atoms with Gasteiger partial charge in [-0.05, 0) is 30.9 Å². The molecule has 1 N–H and O–H groups in total. The van der Waals surface area contributed by atoms with E-state index in [9.17, 15) is 8.78 Å². The molecule has 1 fully saturated rings.